The highest BCUT2D eigenvalue weighted by molar-refractivity contribution is 8.00. The molecule has 3 aromatic rings. The molecule has 0 aliphatic rings. The van der Waals surface area contributed by atoms with Crippen LogP contribution in [0.1, 0.15) is 30.0 Å². The zero-order valence-electron chi connectivity index (χ0n) is 19.7. The minimum atomic E-state index is -0.642. The predicted molar refractivity (Wildman–Crippen MR) is 141 cm³/mol. The highest BCUT2D eigenvalue weighted by Gasteiger charge is 2.30. The first-order valence-electron chi connectivity index (χ1n) is 11.5. The van der Waals surface area contributed by atoms with E-state index >= 15 is 0 Å². The Morgan fingerprint density at radius 3 is 2.32 bits per heavy atom. The molecule has 2 amide bonds. The molecule has 0 fully saturated rings. The van der Waals surface area contributed by atoms with Crippen LogP contribution in [-0.2, 0) is 22.6 Å². The molecule has 3 aromatic carbocycles. The van der Waals surface area contributed by atoms with Gasteiger partial charge in [-0.3, -0.25) is 9.59 Å². The first kappa shape index (κ1) is 25.9. The number of carbonyl (C=O) groups is 2. The monoisotopic (exact) mass is 494 g/mol. The minimum absolute atomic E-state index is 0.0990. The minimum Gasteiger partial charge on any atom is -0.354 e. The Labute approximate surface area is 211 Å². The second-order valence-corrected chi connectivity index (χ2v) is 9.67. The average Bonchev–Trinajstić information content (AvgIpc) is 2.85. The van der Waals surface area contributed by atoms with Crippen molar-refractivity contribution in [2.45, 2.75) is 44.2 Å². The summed E-state index contributed by atoms with van der Waals surface area (Å²) in [7, 11) is 0. The molecule has 0 saturated carbocycles. The fourth-order valence-corrected chi connectivity index (χ4v) is 4.57. The number of carbonyl (C=O) groups excluding carboxylic acids is 2. The molecule has 0 aliphatic heterocycles. The van der Waals surface area contributed by atoms with Gasteiger partial charge in [-0.1, -0.05) is 84.8 Å². The highest BCUT2D eigenvalue weighted by Crippen LogP contribution is 2.23. The molecular weight excluding hydrogens is 464 g/mol. The van der Waals surface area contributed by atoms with Crippen molar-refractivity contribution in [2.75, 3.05) is 12.3 Å². The van der Waals surface area contributed by atoms with Crippen molar-refractivity contribution >= 4 is 35.2 Å². The third kappa shape index (κ3) is 7.64. The molecule has 1 N–H and O–H groups in total. The summed E-state index contributed by atoms with van der Waals surface area (Å²) in [5.41, 5.74) is 2.99. The van der Waals surface area contributed by atoms with E-state index in [1.54, 1.807) is 4.90 Å². The van der Waals surface area contributed by atoms with Crippen molar-refractivity contribution in [3.8, 4) is 0 Å². The number of hydrogen-bond acceptors (Lipinski definition) is 3. The number of amides is 2. The normalized spacial score (nSPS) is 11.6. The second-order valence-electron chi connectivity index (χ2n) is 8.21. The molecule has 0 bridgehead atoms. The molecule has 6 heteroatoms. The van der Waals surface area contributed by atoms with E-state index in [0.29, 0.717) is 18.0 Å². The molecule has 3 rings (SSSR count). The number of halogens is 1. The zero-order chi connectivity index (χ0) is 24.3. The van der Waals surface area contributed by atoms with Gasteiger partial charge in [-0.2, -0.15) is 0 Å². The van der Waals surface area contributed by atoms with Crippen LogP contribution in [0, 0.1) is 6.92 Å². The second kappa shape index (κ2) is 13.2. The molecule has 0 aliphatic carbocycles. The van der Waals surface area contributed by atoms with Crippen LogP contribution in [0.2, 0.25) is 5.02 Å². The Balaban J connectivity index is 1.89. The lowest BCUT2D eigenvalue weighted by Gasteiger charge is -2.31. The lowest BCUT2D eigenvalue weighted by atomic mass is 10.0. The van der Waals surface area contributed by atoms with Crippen LogP contribution in [0.15, 0.2) is 83.8 Å². The SMILES string of the molecule is CCCNC(=O)[C@@H](Cc1ccccc1)N(Cc1ccccc1Cl)C(=O)CSc1ccc(C)cc1. The van der Waals surface area contributed by atoms with Crippen LogP contribution in [0.5, 0.6) is 0 Å². The molecule has 1 atom stereocenters. The van der Waals surface area contributed by atoms with E-state index in [4.69, 9.17) is 11.6 Å². The van der Waals surface area contributed by atoms with Gasteiger partial charge in [0.25, 0.3) is 0 Å². The molecule has 0 spiro atoms. The third-order valence-corrected chi connectivity index (χ3v) is 6.87. The van der Waals surface area contributed by atoms with Gasteiger partial charge >= 0.3 is 0 Å². The third-order valence-electron chi connectivity index (χ3n) is 5.50. The summed E-state index contributed by atoms with van der Waals surface area (Å²) in [5.74, 6) is -0.00984. The van der Waals surface area contributed by atoms with Gasteiger partial charge in [-0.15, -0.1) is 11.8 Å². The first-order valence-corrected chi connectivity index (χ1v) is 12.9. The van der Waals surface area contributed by atoms with Crippen molar-refractivity contribution < 1.29 is 9.59 Å². The molecular formula is C28H31ClN2O2S. The summed E-state index contributed by atoms with van der Waals surface area (Å²) in [4.78, 5) is 29.6. The van der Waals surface area contributed by atoms with Gasteiger partial charge in [0.1, 0.15) is 6.04 Å². The fourth-order valence-electron chi connectivity index (χ4n) is 3.59. The number of benzene rings is 3. The summed E-state index contributed by atoms with van der Waals surface area (Å²) in [6.45, 7) is 4.88. The number of rotatable bonds is 11. The zero-order valence-corrected chi connectivity index (χ0v) is 21.2. The Kier molecular flexibility index (Phi) is 10.0. The maximum atomic E-state index is 13.6. The van der Waals surface area contributed by atoms with Crippen LogP contribution in [0.4, 0.5) is 0 Å². The molecule has 4 nitrogen and oxygen atoms in total. The Morgan fingerprint density at radius 1 is 0.971 bits per heavy atom. The molecule has 34 heavy (non-hydrogen) atoms. The molecule has 0 heterocycles. The van der Waals surface area contributed by atoms with Crippen molar-refractivity contribution in [1.82, 2.24) is 10.2 Å². The van der Waals surface area contributed by atoms with Crippen molar-refractivity contribution in [1.29, 1.82) is 0 Å². The maximum absolute atomic E-state index is 13.6. The molecule has 0 unspecified atom stereocenters. The Morgan fingerprint density at radius 2 is 1.65 bits per heavy atom. The number of aryl methyl sites for hydroxylation is 1. The van der Waals surface area contributed by atoms with Crippen LogP contribution < -0.4 is 5.32 Å². The standard InChI is InChI=1S/C28H31ClN2O2S/c1-3-17-30-28(33)26(18-22-9-5-4-6-10-22)31(19-23-11-7-8-12-25(23)29)27(32)20-34-24-15-13-21(2)14-16-24/h4-16,26H,3,17-20H2,1-2H3,(H,30,33)/t26-/m1/s1. The van der Waals surface area contributed by atoms with Crippen LogP contribution >= 0.6 is 23.4 Å². The number of nitrogens with zero attached hydrogens (tertiary/aromatic N) is 1. The maximum Gasteiger partial charge on any atom is 0.243 e. The molecule has 0 radical (unpaired) electrons. The molecule has 178 valence electrons. The highest BCUT2D eigenvalue weighted by atomic mass is 35.5. The van der Waals surface area contributed by atoms with Gasteiger partial charge in [0.05, 0.1) is 5.75 Å². The average molecular weight is 495 g/mol. The van der Waals surface area contributed by atoms with E-state index in [0.717, 1.165) is 22.4 Å². The van der Waals surface area contributed by atoms with E-state index in [1.165, 1.54) is 17.3 Å². The smallest absolute Gasteiger partial charge is 0.243 e. The Hall–Kier alpha value is -2.76. The van der Waals surface area contributed by atoms with E-state index < -0.39 is 6.04 Å². The van der Waals surface area contributed by atoms with E-state index in [-0.39, 0.29) is 24.1 Å². The van der Waals surface area contributed by atoms with E-state index in [9.17, 15) is 9.59 Å². The summed E-state index contributed by atoms with van der Waals surface area (Å²) in [6, 6.07) is 24.7. The summed E-state index contributed by atoms with van der Waals surface area (Å²) < 4.78 is 0. The van der Waals surface area contributed by atoms with Crippen molar-refractivity contribution in [3.63, 3.8) is 0 Å². The van der Waals surface area contributed by atoms with Crippen molar-refractivity contribution in [2.24, 2.45) is 0 Å². The lowest BCUT2D eigenvalue weighted by Crippen LogP contribution is -2.51. The summed E-state index contributed by atoms with van der Waals surface area (Å²) in [5, 5.41) is 3.58. The van der Waals surface area contributed by atoms with Crippen molar-refractivity contribution in [3.05, 3.63) is 101 Å². The van der Waals surface area contributed by atoms with Gasteiger partial charge in [0, 0.05) is 29.4 Å². The van der Waals surface area contributed by atoms with Gasteiger partial charge in [0.2, 0.25) is 11.8 Å². The summed E-state index contributed by atoms with van der Waals surface area (Å²) >= 11 is 7.92. The topological polar surface area (TPSA) is 49.4 Å². The Bertz CT molecular complexity index is 1070. The van der Waals surface area contributed by atoms with Gasteiger partial charge in [-0.25, -0.2) is 0 Å². The molecule has 0 saturated heterocycles. The number of nitrogens with one attached hydrogen (secondary N) is 1. The van der Waals surface area contributed by atoms with Gasteiger partial charge < -0.3 is 10.2 Å². The lowest BCUT2D eigenvalue weighted by molar-refractivity contribution is -0.139. The van der Waals surface area contributed by atoms with Crippen LogP contribution in [0.3, 0.4) is 0 Å². The quantitative estimate of drug-likeness (QED) is 0.337. The predicted octanol–water partition coefficient (Wildman–Crippen LogP) is 5.91. The number of thioether (sulfide) groups is 1. The molecule has 0 aromatic heterocycles. The van der Waals surface area contributed by atoms with E-state index in [1.807, 2.05) is 92.7 Å². The van der Waals surface area contributed by atoms with Gasteiger partial charge in [-0.05, 0) is 42.7 Å². The van der Waals surface area contributed by atoms with Crippen LogP contribution in [0.25, 0.3) is 0 Å². The van der Waals surface area contributed by atoms with E-state index in [2.05, 4.69) is 5.32 Å². The largest absolute Gasteiger partial charge is 0.354 e. The van der Waals surface area contributed by atoms with Gasteiger partial charge in [0.15, 0.2) is 0 Å². The van der Waals surface area contributed by atoms with Crippen LogP contribution in [-0.4, -0.2) is 35.1 Å². The fraction of sp³-hybridized carbons (Fsp3) is 0.286. The number of hydrogen-bond donors (Lipinski definition) is 1. The summed E-state index contributed by atoms with van der Waals surface area (Å²) in [6.07, 6.45) is 1.26. The first-order chi connectivity index (χ1) is 16.5.